The van der Waals surface area contributed by atoms with Crippen LogP contribution in [0, 0.1) is 5.92 Å². The quantitative estimate of drug-likeness (QED) is 0.928. The zero-order valence-electron chi connectivity index (χ0n) is 11.9. The van der Waals surface area contributed by atoms with Gasteiger partial charge < -0.3 is 10.6 Å². The molecule has 1 saturated carbocycles. The molecule has 1 aromatic heterocycles. The Bertz CT molecular complexity index is 650. The first kappa shape index (κ1) is 13.1. The van der Waals surface area contributed by atoms with Crippen LogP contribution in [0.5, 0.6) is 0 Å². The minimum Gasteiger partial charge on any atom is -0.368 e. The molecule has 5 heteroatoms. The molecule has 1 saturated heterocycles. The van der Waals surface area contributed by atoms with Crippen molar-refractivity contribution in [2.24, 2.45) is 11.7 Å². The summed E-state index contributed by atoms with van der Waals surface area (Å²) in [6.07, 6.45) is 5.80. The van der Waals surface area contributed by atoms with E-state index in [2.05, 4.69) is 11.0 Å². The van der Waals surface area contributed by atoms with Crippen molar-refractivity contribution in [2.75, 3.05) is 4.90 Å². The maximum atomic E-state index is 11.9. The Kier molecular flexibility index (Phi) is 3.10. The van der Waals surface area contributed by atoms with Gasteiger partial charge >= 0.3 is 0 Å². The number of para-hydroxylation sites is 1. The Morgan fingerprint density at radius 1 is 1.29 bits per heavy atom. The van der Waals surface area contributed by atoms with Crippen LogP contribution in [0.25, 0.3) is 10.2 Å². The van der Waals surface area contributed by atoms with Gasteiger partial charge in [0.25, 0.3) is 0 Å². The number of aromatic nitrogens is 1. The SMILES string of the molecule is NC(=O)[C@@H]1C[C@H]2CCCC[C@@H]2N1c1nc2ccccc2s1. The molecule has 21 heavy (non-hydrogen) atoms. The molecule has 0 spiro atoms. The molecule has 3 atom stereocenters. The van der Waals surface area contributed by atoms with Crippen LogP contribution in [0.4, 0.5) is 5.13 Å². The lowest BCUT2D eigenvalue weighted by molar-refractivity contribution is -0.119. The number of nitrogens with two attached hydrogens (primary N) is 1. The molecule has 2 heterocycles. The molecule has 0 unspecified atom stereocenters. The molecule has 0 radical (unpaired) electrons. The Morgan fingerprint density at radius 3 is 2.90 bits per heavy atom. The maximum Gasteiger partial charge on any atom is 0.240 e. The number of amides is 1. The molecule has 2 fully saturated rings. The number of nitrogens with zero attached hydrogens (tertiary/aromatic N) is 2. The molecule has 2 aliphatic rings. The normalized spacial score (nSPS) is 28.8. The Labute approximate surface area is 128 Å². The lowest BCUT2D eigenvalue weighted by atomic mass is 9.85. The average Bonchev–Trinajstić information content (AvgIpc) is 3.07. The molecule has 1 amide bonds. The number of benzene rings is 1. The van der Waals surface area contributed by atoms with Gasteiger partial charge in [-0.2, -0.15) is 0 Å². The summed E-state index contributed by atoms with van der Waals surface area (Å²) >= 11 is 1.68. The van der Waals surface area contributed by atoms with Crippen LogP contribution in [0.1, 0.15) is 32.1 Å². The van der Waals surface area contributed by atoms with Crippen LogP contribution in [-0.2, 0) is 4.79 Å². The van der Waals surface area contributed by atoms with Crippen molar-refractivity contribution < 1.29 is 4.79 Å². The van der Waals surface area contributed by atoms with Gasteiger partial charge in [-0.05, 0) is 37.3 Å². The third-order valence-electron chi connectivity index (χ3n) is 4.92. The number of rotatable bonds is 2. The molecule has 110 valence electrons. The van der Waals surface area contributed by atoms with Gasteiger partial charge in [0.2, 0.25) is 5.91 Å². The second-order valence-corrected chi connectivity index (χ2v) is 7.15. The monoisotopic (exact) mass is 301 g/mol. The second kappa shape index (κ2) is 4.98. The summed E-state index contributed by atoms with van der Waals surface area (Å²) in [6.45, 7) is 0. The van der Waals surface area contributed by atoms with E-state index in [-0.39, 0.29) is 11.9 Å². The minimum absolute atomic E-state index is 0.182. The predicted molar refractivity (Wildman–Crippen MR) is 85.4 cm³/mol. The molecule has 0 bridgehead atoms. The molecule has 1 aliphatic carbocycles. The highest BCUT2D eigenvalue weighted by Gasteiger charge is 2.45. The zero-order chi connectivity index (χ0) is 14.4. The van der Waals surface area contributed by atoms with E-state index in [1.807, 2.05) is 18.2 Å². The number of primary amides is 1. The van der Waals surface area contributed by atoms with E-state index in [1.54, 1.807) is 11.3 Å². The van der Waals surface area contributed by atoms with Crippen LogP contribution in [0.3, 0.4) is 0 Å². The zero-order valence-corrected chi connectivity index (χ0v) is 12.7. The fraction of sp³-hybridized carbons (Fsp3) is 0.500. The van der Waals surface area contributed by atoms with Crippen molar-refractivity contribution >= 4 is 32.6 Å². The molecule has 2 aromatic rings. The molecule has 4 rings (SSSR count). The lowest BCUT2D eigenvalue weighted by Gasteiger charge is -2.32. The summed E-state index contributed by atoms with van der Waals surface area (Å²) in [7, 11) is 0. The summed E-state index contributed by atoms with van der Waals surface area (Å²) in [6, 6.07) is 8.41. The maximum absolute atomic E-state index is 11.9. The van der Waals surface area contributed by atoms with Crippen molar-refractivity contribution in [1.82, 2.24) is 4.98 Å². The van der Waals surface area contributed by atoms with Crippen LogP contribution < -0.4 is 10.6 Å². The molecule has 1 aliphatic heterocycles. The average molecular weight is 301 g/mol. The topological polar surface area (TPSA) is 59.2 Å². The third-order valence-corrected chi connectivity index (χ3v) is 5.97. The van der Waals surface area contributed by atoms with Gasteiger partial charge in [-0.3, -0.25) is 4.79 Å². The van der Waals surface area contributed by atoms with Gasteiger partial charge in [0.1, 0.15) is 6.04 Å². The van der Waals surface area contributed by atoms with E-state index in [9.17, 15) is 4.79 Å². The van der Waals surface area contributed by atoms with Crippen molar-refractivity contribution in [3.8, 4) is 0 Å². The highest BCUT2D eigenvalue weighted by Crippen LogP contribution is 2.44. The predicted octanol–water partition coefficient (Wildman–Crippen LogP) is 2.92. The van der Waals surface area contributed by atoms with Crippen molar-refractivity contribution in [1.29, 1.82) is 0 Å². The van der Waals surface area contributed by atoms with Gasteiger partial charge in [0.05, 0.1) is 10.2 Å². The summed E-state index contributed by atoms with van der Waals surface area (Å²) < 4.78 is 1.18. The summed E-state index contributed by atoms with van der Waals surface area (Å²) in [4.78, 5) is 18.9. The minimum atomic E-state index is -0.205. The van der Waals surface area contributed by atoms with E-state index < -0.39 is 0 Å². The van der Waals surface area contributed by atoms with E-state index in [0.717, 1.165) is 23.5 Å². The van der Waals surface area contributed by atoms with Gasteiger partial charge in [0, 0.05) is 6.04 Å². The standard InChI is InChI=1S/C16H19N3OS/c17-15(20)13-9-10-5-1-3-7-12(10)19(13)16-18-11-6-2-4-8-14(11)21-16/h2,4,6,8,10,12-13H,1,3,5,7,9H2,(H2,17,20)/t10-,12+,13+/m1/s1. The lowest BCUT2D eigenvalue weighted by Crippen LogP contribution is -2.45. The summed E-state index contributed by atoms with van der Waals surface area (Å²) in [5.41, 5.74) is 6.68. The Hall–Kier alpha value is -1.62. The summed E-state index contributed by atoms with van der Waals surface area (Å²) in [5.74, 6) is 0.395. The van der Waals surface area contributed by atoms with Crippen LogP contribution >= 0.6 is 11.3 Å². The highest BCUT2D eigenvalue weighted by molar-refractivity contribution is 7.22. The van der Waals surface area contributed by atoms with E-state index >= 15 is 0 Å². The number of hydrogen-bond donors (Lipinski definition) is 1. The van der Waals surface area contributed by atoms with Gasteiger partial charge in [-0.15, -0.1) is 0 Å². The number of hydrogen-bond acceptors (Lipinski definition) is 4. The van der Waals surface area contributed by atoms with E-state index in [0.29, 0.717) is 12.0 Å². The first-order chi connectivity index (χ1) is 10.2. The fourth-order valence-corrected chi connectivity index (χ4v) is 5.03. The van der Waals surface area contributed by atoms with Crippen LogP contribution in [-0.4, -0.2) is 23.0 Å². The van der Waals surface area contributed by atoms with Gasteiger partial charge in [-0.25, -0.2) is 4.98 Å². The van der Waals surface area contributed by atoms with Crippen LogP contribution in [0.2, 0.25) is 0 Å². The number of thiazole rings is 1. The van der Waals surface area contributed by atoms with Gasteiger partial charge in [0.15, 0.2) is 5.13 Å². The molecule has 1 aromatic carbocycles. The fourth-order valence-electron chi connectivity index (χ4n) is 3.96. The Balaban J connectivity index is 1.77. The van der Waals surface area contributed by atoms with Crippen LogP contribution in [0.15, 0.2) is 24.3 Å². The van der Waals surface area contributed by atoms with Gasteiger partial charge in [-0.1, -0.05) is 36.3 Å². The number of fused-ring (bicyclic) bond motifs is 2. The largest absolute Gasteiger partial charge is 0.368 e. The molecular formula is C16H19N3OS. The first-order valence-corrected chi connectivity index (χ1v) is 8.49. The smallest absolute Gasteiger partial charge is 0.240 e. The highest BCUT2D eigenvalue weighted by atomic mass is 32.1. The Morgan fingerprint density at radius 2 is 2.10 bits per heavy atom. The first-order valence-electron chi connectivity index (χ1n) is 7.67. The number of anilines is 1. The second-order valence-electron chi connectivity index (χ2n) is 6.14. The molecule has 2 N–H and O–H groups in total. The van der Waals surface area contributed by atoms with E-state index in [4.69, 9.17) is 10.7 Å². The van der Waals surface area contributed by atoms with Crippen molar-refractivity contribution in [3.05, 3.63) is 24.3 Å². The van der Waals surface area contributed by atoms with E-state index in [1.165, 1.54) is 24.0 Å². The number of carbonyl (C=O) groups excluding carboxylic acids is 1. The molecular weight excluding hydrogens is 282 g/mol. The molecule has 4 nitrogen and oxygen atoms in total. The van der Waals surface area contributed by atoms with Crippen molar-refractivity contribution in [3.63, 3.8) is 0 Å². The summed E-state index contributed by atoms with van der Waals surface area (Å²) in [5, 5.41) is 0.967. The third kappa shape index (κ3) is 2.11. The number of carbonyl (C=O) groups is 1. The van der Waals surface area contributed by atoms with Crippen molar-refractivity contribution in [2.45, 2.75) is 44.2 Å².